The average Bonchev–Trinajstić information content (AvgIpc) is 2.57. The number of rotatable bonds is 3. The van der Waals surface area contributed by atoms with Crippen molar-refractivity contribution in [3.63, 3.8) is 0 Å². The Balaban J connectivity index is 0.00000208. The molecule has 0 radical (unpaired) electrons. The minimum absolute atomic E-state index is 0. The van der Waals surface area contributed by atoms with Gasteiger partial charge >= 0.3 is 0 Å². The summed E-state index contributed by atoms with van der Waals surface area (Å²) in [5.74, 6) is 0.653. The molecule has 2 fully saturated rings. The lowest BCUT2D eigenvalue weighted by Gasteiger charge is -2.37. The molecule has 1 aromatic rings. The molecule has 1 aliphatic heterocycles. The smallest absolute Gasteiger partial charge is 0.223 e. The maximum Gasteiger partial charge on any atom is 0.223 e. The van der Waals surface area contributed by atoms with E-state index in [1.165, 1.54) is 12.8 Å². The summed E-state index contributed by atoms with van der Waals surface area (Å²) < 4.78 is 0. The normalized spacial score (nSPS) is 24.4. The molecule has 2 N–H and O–H groups in total. The van der Waals surface area contributed by atoms with Crippen molar-refractivity contribution < 1.29 is 4.79 Å². The largest absolute Gasteiger partial charge is 0.368 e. The second-order valence-corrected chi connectivity index (χ2v) is 7.20. The molecule has 4 nitrogen and oxygen atoms in total. The van der Waals surface area contributed by atoms with E-state index in [2.05, 4.69) is 11.0 Å². The van der Waals surface area contributed by atoms with Gasteiger partial charge in [0.15, 0.2) is 0 Å². The SMILES string of the molecule is Cl.NC1CCCCC1CC(=O)N1CCN(c2cccc(Cl)c2)CC1. The van der Waals surface area contributed by atoms with E-state index in [9.17, 15) is 4.79 Å². The molecule has 1 saturated heterocycles. The number of hydrogen-bond donors (Lipinski definition) is 1. The fourth-order valence-electron chi connectivity index (χ4n) is 3.73. The fraction of sp³-hybridized carbons (Fsp3) is 0.611. The fourth-order valence-corrected chi connectivity index (χ4v) is 3.91. The quantitative estimate of drug-likeness (QED) is 0.886. The lowest BCUT2D eigenvalue weighted by Crippen LogP contribution is -2.49. The van der Waals surface area contributed by atoms with Crippen LogP contribution in [-0.2, 0) is 4.79 Å². The number of nitrogens with zero attached hydrogens (tertiary/aromatic N) is 2. The standard InChI is InChI=1S/C18H26ClN3O.ClH/c19-15-5-3-6-16(13-15)21-8-10-22(11-9-21)18(23)12-14-4-1-2-7-17(14)20;/h3,5-6,13-14,17H,1-2,4,7-12,20H2;1H. The van der Waals surface area contributed by atoms with Crippen LogP contribution in [0.4, 0.5) is 5.69 Å². The van der Waals surface area contributed by atoms with Crippen molar-refractivity contribution in [2.75, 3.05) is 31.1 Å². The number of nitrogens with two attached hydrogens (primary N) is 1. The Morgan fingerprint density at radius 2 is 1.88 bits per heavy atom. The third-order valence-electron chi connectivity index (χ3n) is 5.21. The van der Waals surface area contributed by atoms with E-state index in [0.29, 0.717) is 12.3 Å². The van der Waals surface area contributed by atoms with E-state index in [4.69, 9.17) is 17.3 Å². The van der Waals surface area contributed by atoms with Gasteiger partial charge in [0.25, 0.3) is 0 Å². The van der Waals surface area contributed by atoms with Crippen LogP contribution >= 0.6 is 24.0 Å². The van der Waals surface area contributed by atoms with E-state index in [-0.39, 0.29) is 24.4 Å². The summed E-state index contributed by atoms with van der Waals surface area (Å²) in [7, 11) is 0. The van der Waals surface area contributed by atoms with Crippen LogP contribution in [0.3, 0.4) is 0 Å². The summed E-state index contributed by atoms with van der Waals surface area (Å²) >= 11 is 6.06. The zero-order chi connectivity index (χ0) is 16.2. The van der Waals surface area contributed by atoms with Crippen LogP contribution in [-0.4, -0.2) is 43.0 Å². The lowest BCUT2D eigenvalue weighted by atomic mass is 9.82. The molecule has 1 saturated carbocycles. The van der Waals surface area contributed by atoms with Crippen molar-refractivity contribution in [1.82, 2.24) is 4.90 Å². The number of amides is 1. The van der Waals surface area contributed by atoms with Gasteiger partial charge in [0.2, 0.25) is 5.91 Å². The minimum atomic E-state index is 0. The van der Waals surface area contributed by atoms with Crippen molar-refractivity contribution in [1.29, 1.82) is 0 Å². The Morgan fingerprint density at radius 1 is 1.17 bits per heavy atom. The van der Waals surface area contributed by atoms with Crippen molar-refractivity contribution >= 4 is 35.6 Å². The average molecular weight is 372 g/mol. The van der Waals surface area contributed by atoms with Crippen molar-refractivity contribution in [3.05, 3.63) is 29.3 Å². The van der Waals surface area contributed by atoms with Crippen molar-refractivity contribution in [2.45, 2.75) is 38.1 Å². The molecule has 2 atom stereocenters. The molecule has 0 bridgehead atoms. The van der Waals surface area contributed by atoms with E-state index >= 15 is 0 Å². The Kier molecular flexibility index (Phi) is 7.20. The van der Waals surface area contributed by atoms with Gasteiger partial charge in [0.1, 0.15) is 0 Å². The van der Waals surface area contributed by atoms with Crippen LogP contribution < -0.4 is 10.6 Å². The molecule has 3 rings (SSSR count). The van der Waals surface area contributed by atoms with Crippen LogP contribution in [0.15, 0.2) is 24.3 Å². The molecule has 2 unspecified atom stereocenters. The van der Waals surface area contributed by atoms with Gasteiger partial charge in [0.05, 0.1) is 0 Å². The highest BCUT2D eigenvalue weighted by atomic mass is 35.5. The highest BCUT2D eigenvalue weighted by Gasteiger charge is 2.28. The number of carbonyl (C=O) groups is 1. The van der Waals surface area contributed by atoms with Gasteiger partial charge in [0, 0.05) is 49.4 Å². The summed E-state index contributed by atoms with van der Waals surface area (Å²) in [6.07, 6.45) is 5.23. The van der Waals surface area contributed by atoms with Gasteiger partial charge in [-0.2, -0.15) is 0 Å². The monoisotopic (exact) mass is 371 g/mol. The first kappa shape index (κ1) is 19.4. The van der Waals surface area contributed by atoms with Gasteiger partial charge < -0.3 is 15.5 Å². The lowest BCUT2D eigenvalue weighted by molar-refractivity contribution is -0.132. The summed E-state index contributed by atoms with van der Waals surface area (Å²) in [6, 6.07) is 8.13. The highest BCUT2D eigenvalue weighted by molar-refractivity contribution is 6.30. The van der Waals surface area contributed by atoms with Crippen LogP contribution in [0.5, 0.6) is 0 Å². The van der Waals surface area contributed by atoms with Crippen LogP contribution in [0.2, 0.25) is 5.02 Å². The molecule has 6 heteroatoms. The van der Waals surface area contributed by atoms with E-state index in [0.717, 1.165) is 49.7 Å². The second kappa shape index (κ2) is 8.93. The Labute approximate surface area is 155 Å². The molecule has 24 heavy (non-hydrogen) atoms. The van der Waals surface area contributed by atoms with Crippen LogP contribution in [0.25, 0.3) is 0 Å². The number of hydrogen-bond acceptors (Lipinski definition) is 3. The maximum absolute atomic E-state index is 12.5. The Morgan fingerprint density at radius 3 is 2.54 bits per heavy atom. The number of carbonyl (C=O) groups excluding carboxylic acids is 1. The first-order chi connectivity index (χ1) is 11.1. The predicted molar refractivity (Wildman–Crippen MR) is 102 cm³/mol. The van der Waals surface area contributed by atoms with E-state index in [1.807, 2.05) is 23.1 Å². The summed E-state index contributed by atoms with van der Waals surface area (Å²) in [5, 5.41) is 0.757. The summed E-state index contributed by atoms with van der Waals surface area (Å²) in [4.78, 5) is 16.8. The van der Waals surface area contributed by atoms with E-state index in [1.54, 1.807) is 0 Å². The molecular formula is C18H27Cl2N3O. The zero-order valence-electron chi connectivity index (χ0n) is 14.0. The molecular weight excluding hydrogens is 345 g/mol. The van der Waals surface area contributed by atoms with Gasteiger partial charge in [-0.05, 0) is 37.0 Å². The number of piperazine rings is 1. The molecule has 1 aliphatic carbocycles. The Bertz CT molecular complexity index is 547. The molecule has 0 spiro atoms. The molecule has 1 amide bonds. The second-order valence-electron chi connectivity index (χ2n) is 6.76. The minimum Gasteiger partial charge on any atom is -0.368 e. The van der Waals surface area contributed by atoms with E-state index < -0.39 is 0 Å². The first-order valence-electron chi connectivity index (χ1n) is 8.67. The topological polar surface area (TPSA) is 49.6 Å². The molecule has 2 aliphatic rings. The van der Waals surface area contributed by atoms with Crippen LogP contribution in [0, 0.1) is 5.92 Å². The van der Waals surface area contributed by atoms with Gasteiger partial charge in [-0.25, -0.2) is 0 Å². The number of anilines is 1. The van der Waals surface area contributed by atoms with Gasteiger partial charge in [-0.3, -0.25) is 4.79 Å². The van der Waals surface area contributed by atoms with Crippen molar-refractivity contribution in [3.8, 4) is 0 Å². The number of benzene rings is 1. The molecule has 134 valence electrons. The zero-order valence-corrected chi connectivity index (χ0v) is 15.6. The van der Waals surface area contributed by atoms with Crippen molar-refractivity contribution in [2.24, 2.45) is 11.7 Å². The summed E-state index contributed by atoms with van der Waals surface area (Å²) in [5.41, 5.74) is 7.32. The summed E-state index contributed by atoms with van der Waals surface area (Å²) in [6.45, 7) is 3.30. The van der Waals surface area contributed by atoms with Gasteiger partial charge in [-0.1, -0.05) is 30.5 Å². The molecule has 0 aromatic heterocycles. The van der Waals surface area contributed by atoms with Crippen LogP contribution in [0.1, 0.15) is 32.1 Å². The first-order valence-corrected chi connectivity index (χ1v) is 9.05. The third-order valence-corrected chi connectivity index (χ3v) is 5.45. The highest BCUT2D eigenvalue weighted by Crippen LogP contribution is 2.27. The predicted octanol–water partition coefficient (Wildman–Crippen LogP) is 3.32. The third kappa shape index (κ3) is 4.78. The molecule has 1 heterocycles. The number of halogens is 2. The Hall–Kier alpha value is -0.970. The maximum atomic E-state index is 12.5. The molecule has 1 aromatic carbocycles. The van der Waals surface area contributed by atoms with Gasteiger partial charge in [-0.15, -0.1) is 12.4 Å².